The molecule has 2 rings (SSSR count). The second-order valence-corrected chi connectivity index (χ2v) is 7.10. The zero-order valence-electron chi connectivity index (χ0n) is 14.8. The Bertz CT molecular complexity index is 580. The number of rotatable bonds is 5. The van der Waals surface area contributed by atoms with E-state index in [-0.39, 0.29) is 0 Å². The van der Waals surface area contributed by atoms with Gasteiger partial charge in [0.1, 0.15) is 0 Å². The van der Waals surface area contributed by atoms with Gasteiger partial charge < -0.3 is 5.32 Å². The van der Waals surface area contributed by atoms with Crippen molar-refractivity contribution in [3.05, 3.63) is 59.2 Å². The molecule has 0 aliphatic rings. The molecular weight excluding hydrogens is 266 g/mol. The van der Waals surface area contributed by atoms with Crippen LogP contribution in [0.5, 0.6) is 0 Å². The number of benzene rings is 2. The summed E-state index contributed by atoms with van der Waals surface area (Å²) in [6.07, 6.45) is 0. The Hall–Kier alpha value is -1.76. The van der Waals surface area contributed by atoms with E-state index >= 15 is 0 Å². The molecule has 1 N–H and O–H groups in total. The van der Waals surface area contributed by atoms with Crippen LogP contribution in [0.25, 0.3) is 0 Å². The van der Waals surface area contributed by atoms with Crippen molar-refractivity contribution in [2.24, 2.45) is 0 Å². The highest BCUT2D eigenvalue weighted by atomic mass is 14.9. The van der Waals surface area contributed by atoms with E-state index in [0.717, 1.165) is 5.69 Å². The molecule has 0 atom stereocenters. The third-order valence-corrected chi connectivity index (χ3v) is 4.18. The number of nitrogens with one attached hydrogen (secondary N) is 1. The van der Waals surface area contributed by atoms with Gasteiger partial charge in [-0.3, -0.25) is 0 Å². The quantitative estimate of drug-likeness (QED) is 0.639. The molecule has 0 radical (unpaired) electrons. The summed E-state index contributed by atoms with van der Waals surface area (Å²) >= 11 is 0. The number of hydrogen-bond donors (Lipinski definition) is 1. The van der Waals surface area contributed by atoms with Gasteiger partial charge in [-0.15, -0.1) is 0 Å². The average molecular weight is 295 g/mol. The Morgan fingerprint density at radius 1 is 0.545 bits per heavy atom. The first-order valence-corrected chi connectivity index (χ1v) is 8.38. The normalized spacial score (nSPS) is 11.5. The van der Waals surface area contributed by atoms with Gasteiger partial charge in [0, 0.05) is 11.4 Å². The minimum atomic E-state index is 0.544. The maximum Gasteiger partial charge on any atom is 0.0389 e. The molecule has 1 nitrogen and oxygen atoms in total. The maximum atomic E-state index is 3.56. The highest BCUT2D eigenvalue weighted by Crippen LogP contribution is 2.28. The van der Waals surface area contributed by atoms with Crippen LogP contribution in [0, 0.1) is 0 Å². The number of anilines is 2. The van der Waals surface area contributed by atoms with Gasteiger partial charge in [0.15, 0.2) is 0 Å². The van der Waals surface area contributed by atoms with E-state index < -0.39 is 0 Å². The zero-order chi connectivity index (χ0) is 16.3. The first-order chi connectivity index (χ1) is 10.4. The van der Waals surface area contributed by atoms with Gasteiger partial charge in [0.2, 0.25) is 0 Å². The van der Waals surface area contributed by atoms with Crippen LogP contribution >= 0.6 is 0 Å². The first kappa shape index (κ1) is 16.6. The summed E-state index contributed by atoms with van der Waals surface area (Å²) in [4.78, 5) is 0. The zero-order valence-corrected chi connectivity index (χ0v) is 14.8. The second-order valence-electron chi connectivity index (χ2n) is 7.10. The summed E-state index contributed by atoms with van der Waals surface area (Å²) in [5.41, 5.74) is 6.51. The predicted molar refractivity (Wildman–Crippen MR) is 98.4 cm³/mol. The smallest absolute Gasteiger partial charge is 0.0389 e. The largest absolute Gasteiger partial charge is 0.356 e. The third-order valence-electron chi connectivity index (χ3n) is 4.18. The fourth-order valence-electron chi connectivity index (χ4n) is 2.53. The highest BCUT2D eigenvalue weighted by molar-refractivity contribution is 5.62. The van der Waals surface area contributed by atoms with Gasteiger partial charge >= 0.3 is 0 Å². The SMILES string of the molecule is CC(C)c1ccc(Nc2cc(C(C)C)cc(C(C)C)c2)cc1. The van der Waals surface area contributed by atoms with Crippen LogP contribution in [0.4, 0.5) is 11.4 Å². The maximum absolute atomic E-state index is 3.56. The number of hydrogen-bond acceptors (Lipinski definition) is 1. The van der Waals surface area contributed by atoms with E-state index in [9.17, 15) is 0 Å². The van der Waals surface area contributed by atoms with Crippen LogP contribution in [0.15, 0.2) is 42.5 Å². The monoisotopic (exact) mass is 295 g/mol. The van der Waals surface area contributed by atoms with Gasteiger partial charge in [0.05, 0.1) is 0 Å². The molecule has 0 heterocycles. The standard InChI is InChI=1S/C21H29N/c1-14(2)17-7-9-20(10-8-17)22-21-12-18(15(3)4)11-19(13-21)16(5)6/h7-16,22H,1-6H3. The van der Waals surface area contributed by atoms with Crippen molar-refractivity contribution in [2.45, 2.75) is 59.3 Å². The molecule has 22 heavy (non-hydrogen) atoms. The van der Waals surface area contributed by atoms with E-state index in [0.29, 0.717) is 17.8 Å². The van der Waals surface area contributed by atoms with Crippen molar-refractivity contribution in [3.63, 3.8) is 0 Å². The van der Waals surface area contributed by atoms with Crippen molar-refractivity contribution < 1.29 is 0 Å². The molecule has 0 saturated heterocycles. The van der Waals surface area contributed by atoms with Crippen molar-refractivity contribution in [3.8, 4) is 0 Å². The van der Waals surface area contributed by atoms with Gasteiger partial charge in [-0.05, 0) is 58.7 Å². The van der Waals surface area contributed by atoms with Crippen LogP contribution in [0.1, 0.15) is 76.0 Å². The second kappa shape index (κ2) is 7.00. The molecule has 0 unspecified atom stereocenters. The summed E-state index contributed by atoms with van der Waals surface area (Å²) in [6.45, 7) is 13.5. The molecule has 0 amide bonds. The highest BCUT2D eigenvalue weighted by Gasteiger charge is 2.08. The van der Waals surface area contributed by atoms with Crippen molar-refractivity contribution in [2.75, 3.05) is 5.32 Å². The van der Waals surface area contributed by atoms with Crippen LogP contribution < -0.4 is 5.32 Å². The van der Waals surface area contributed by atoms with Gasteiger partial charge in [-0.25, -0.2) is 0 Å². The van der Waals surface area contributed by atoms with E-state index in [1.165, 1.54) is 22.4 Å². The lowest BCUT2D eigenvalue weighted by Crippen LogP contribution is -1.98. The minimum Gasteiger partial charge on any atom is -0.356 e. The average Bonchev–Trinajstić information content (AvgIpc) is 2.47. The van der Waals surface area contributed by atoms with E-state index in [1.54, 1.807) is 0 Å². The van der Waals surface area contributed by atoms with E-state index in [2.05, 4.69) is 89.3 Å². The fraction of sp³-hybridized carbons (Fsp3) is 0.429. The lowest BCUT2D eigenvalue weighted by Gasteiger charge is -2.16. The van der Waals surface area contributed by atoms with Crippen LogP contribution in [0.3, 0.4) is 0 Å². The Kier molecular flexibility index (Phi) is 5.28. The van der Waals surface area contributed by atoms with Crippen LogP contribution in [0.2, 0.25) is 0 Å². The summed E-state index contributed by atoms with van der Waals surface area (Å²) in [5.74, 6) is 1.66. The molecule has 0 saturated carbocycles. The van der Waals surface area contributed by atoms with Crippen LogP contribution in [-0.2, 0) is 0 Å². The summed E-state index contributed by atoms with van der Waals surface area (Å²) < 4.78 is 0. The Labute approximate surface area is 135 Å². The van der Waals surface area contributed by atoms with Crippen molar-refractivity contribution in [1.29, 1.82) is 0 Å². The Balaban J connectivity index is 2.28. The molecule has 0 bridgehead atoms. The molecule has 118 valence electrons. The first-order valence-electron chi connectivity index (χ1n) is 8.38. The molecule has 2 aromatic rings. The topological polar surface area (TPSA) is 12.0 Å². The molecule has 0 aliphatic heterocycles. The molecule has 2 aromatic carbocycles. The summed E-state index contributed by atoms with van der Waals surface area (Å²) in [5, 5.41) is 3.56. The summed E-state index contributed by atoms with van der Waals surface area (Å²) in [6, 6.07) is 15.6. The molecule has 0 fully saturated rings. The summed E-state index contributed by atoms with van der Waals surface area (Å²) in [7, 11) is 0. The van der Waals surface area contributed by atoms with Crippen molar-refractivity contribution >= 4 is 11.4 Å². The lowest BCUT2D eigenvalue weighted by molar-refractivity contribution is 0.834. The van der Waals surface area contributed by atoms with Gasteiger partial charge in [0.25, 0.3) is 0 Å². The molecule has 0 aromatic heterocycles. The molecular formula is C21H29N. The Morgan fingerprint density at radius 2 is 1.00 bits per heavy atom. The van der Waals surface area contributed by atoms with Crippen LogP contribution in [-0.4, -0.2) is 0 Å². The Morgan fingerprint density at radius 3 is 1.41 bits per heavy atom. The minimum absolute atomic E-state index is 0.544. The lowest BCUT2D eigenvalue weighted by atomic mass is 9.95. The molecule has 0 aliphatic carbocycles. The van der Waals surface area contributed by atoms with E-state index in [4.69, 9.17) is 0 Å². The predicted octanol–water partition coefficient (Wildman–Crippen LogP) is 6.80. The third kappa shape index (κ3) is 4.13. The van der Waals surface area contributed by atoms with Gasteiger partial charge in [-0.1, -0.05) is 59.7 Å². The molecule has 0 spiro atoms. The fourth-order valence-corrected chi connectivity index (χ4v) is 2.53. The van der Waals surface area contributed by atoms with Crippen molar-refractivity contribution in [1.82, 2.24) is 0 Å². The molecule has 1 heteroatoms. The van der Waals surface area contributed by atoms with Gasteiger partial charge in [-0.2, -0.15) is 0 Å². The van der Waals surface area contributed by atoms with E-state index in [1.807, 2.05) is 0 Å².